The molecule has 3 aromatic rings. The summed E-state index contributed by atoms with van der Waals surface area (Å²) in [7, 11) is 0. The van der Waals surface area contributed by atoms with Crippen LogP contribution in [-0.4, -0.2) is 23.6 Å². The van der Waals surface area contributed by atoms with Gasteiger partial charge >= 0.3 is 5.97 Å². The van der Waals surface area contributed by atoms with Crippen LogP contribution in [0.4, 0.5) is 5.69 Å². The van der Waals surface area contributed by atoms with E-state index in [1.165, 1.54) is 18.2 Å². The highest BCUT2D eigenvalue weighted by atomic mass is 16.5. The predicted molar refractivity (Wildman–Crippen MR) is 129 cm³/mol. The molecule has 34 heavy (non-hydrogen) atoms. The normalized spacial score (nSPS) is 10.8. The first-order valence-corrected chi connectivity index (χ1v) is 10.6. The maximum Gasteiger partial charge on any atom is 0.335 e. The topological polar surface area (TPSA) is 109 Å². The van der Waals surface area contributed by atoms with E-state index in [2.05, 4.69) is 5.32 Å². The van der Waals surface area contributed by atoms with Crippen LogP contribution in [0.25, 0.3) is 6.08 Å². The van der Waals surface area contributed by atoms with E-state index in [1.54, 1.807) is 36.4 Å². The van der Waals surface area contributed by atoms with Crippen molar-refractivity contribution in [2.24, 2.45) is 0 Å². The van der Waals surface area contributed by atoms with Crippen molar-refractivity contribution in [3.05, 3.63) is 94.6 Å². The average Bonchev–Trinajstić information content (AvgIpc) is 2.82. The second kappa shape index (κ2) is 11.3. The minimum atomic E-state index is -0.987. The number of carbonyl (C=O) groups excluding carboxylic acids is 1. The zero-order valence-corrected chi connectivity index (χ0v) is 18.9. The lowest BCUT2D eigenvalue weighted by molar-refractivity contribution is -0.112. The van der Waals surface area contributed by atoms with Gasteiger partial charge in [-0.15, -0.1) is 0 Å². The molecular formula is C27H24N2O5. The average molecular weight is 456 g/mol. The van der Waals surface area contributed by atoms with Crippen molar-refractivity contribution < 1.29 is 24.2 Å². The summed E-state index contributed by atoms with van der Waals surface area (Å²) in [5, 5.41) is 21.2. The predicted octanol–water partition coefficient (Wildman–Crippen LogP) is 5.22. The van der Waals surface area contributed by atoms with Gasteiger partial charge in [-0.2, -0.15) is 5.26 Å². The molecule has 0 bridgehead atoms. The number of hydrogen-bond donors (Lipinski definition) is 2. The molecule has 0 saturated heterocycles. The van der Waals surface area contributed by atoms with Crippen molar-refractivity contribution in [3.63, 3.8) is 0 Å². The SMILES string of the molecule is CCOc1cc(C=C(C#N)C(=O)Nc2cccc(C)c2)ccc1OCc1ccc(C(=O)O)cc1. The van der Waals surface area contributed by atoms with Crippen LogP contribution in [-0.2, 0) is 11.4 Å². The van der Waals surface area contributed by atoms with E-state index in [4.69, 9.17) is 14.6 Å². The van der Waals surface area contributed by atoms with Gasteiger partial charge in [0, 0.05) is 5.69 Å². The molecule has 2 N–H and O–H groups in total. The molecule has 0 atom stereocenters. The van der Waals surface area contributed by atoms with Crippen LogP contribution in [0.1, 0.15) is 34.0 Å². The van der Waals surface area contributed by atoms with Crippen molar-refractivity contribution in [1.29, 1.82) is 5.26 Å². The maximum atomic E-state index is 12.6. The molecule has 1 amide bonds. The third-order valence-corrected chi connectivity index (χ3v) is 4.81. The van der Waals surface area contributed by atoms with Gasteiger partial charge in [0.2, 0.25) is 0 Å². The molecule has 0 aliphatic rings. The molecule has 0 fully saturated rings. The van der Waals surface area contributed by atoms with Gasteiger partial charge in [-0.05, 0) is 73.0 Å². The number of carbonyl (C=O) groups is 2. The zero-order chi connectivity index (χ0) is 24.5. The van der Waals surface area contributed by atoms with Crippen LogP contribution in [0, 0.1) is 18.3 Å². The summed E-state index contributed by atoms with van der Waals surface area (Å²) in [5.41, 5.74) is 3.18. The fraction of sp³-hybridized carbons (Fsp3) is 0.148. The molecule has 172 valence electrons. The van der Waals surface area contributed by atoms with Gasteiger partial charge in [-0.1, -0.05) is 30.3 Å². The lowest BCUT2D eigenvalue weighted by atomic mass is 10.1. The van der Waals surface area contributed by atoms with Crippen molar-refractivity contribution in [3.8, 4) is 17.6 Å². The summed E-state index contributed by atoms with van der Waals surface area (Å²) < 4.78 is 11.5. The largest absolute Gasteiger partial charge is 0.490 e. The molecule has 0 unspecified atom stereocenters. The van der Waals surface area contributed by atoms with E-state index in [0.29, 0.717) is 29.4 Å². The van der Waals surface area contributed by atoms with Crippen LogP contribution in [0.15, 0.2) is 72.3 Å². The van der Waals surface area contributed by atoms with Gasteiger partial charge < -0.3 is 19.9 Å². The Kier molecular flexibility index (Phi) is 8.03. The summed E-state index contributed by atoms with van der Waals surface area (Å²) in [6.45, 7) is 4.38. The summed E-state index contributed by atoms with van der Waals surface area (Å²) in [6, 6.07) is 20.8. The first kappa shape index (κ1) is 24.1. The molecule has 0 aliphatic carbocycles. The number of benzene rings is 3. The molecule has 0 heterocycles. The highest BCUT2D eigenvalue weighted by Crippen LogP contribution is 2.30. The van der Waals surface area contributed by atoms with Gasteiger partial charge in [-0.3, -0.25) is 4.79 Å². The lowest BCUT2D eigenvalue weighted by Gasteiger charge is -2.13. The molecule has 7 heteroatoms. The number of nitrogens with one attached hydrogen (secondary N) is 1. The first-order chi connectivity index (χ1) is 16.4. The van der Waals surface area contributed by atoms with Crippen LogP contribution in [0.2, 0.25) is 0 Å². The number of rotatable bonds is 9. The van der Waals surface area contributed by atoms with E-state index < -0.39 is 11.9 Å². The number of aryl methyl sites for hydroxylation is 1. The maximum absolute atomic E-state index is 12.6. The third kappa shape index (κ3) is 6.47. The number of aromatic carboxylic acids is 1. The second-order valence-electron chi connectivity index (χ2n) is 7.42. The molecule has 0 aromatic heterocycles. The van der Waals surface area contributed by atoms with E-state index >= 15 is 0 Å². The van der Waals surface area contributed by atoms with Crippen LogP contribution in [0.5, 0.6) is 11.5 Å². The molecule has 0 saturated carbocycles. The van der Waals surface area contributed by atoms with Crippen LogP contribution >= 0.6 is 0 Å². The molecule has 3 aromatic carbocycles. The van der Waals surface area contributed by atoms with Crippen LogP contribution < -0.4 is 14.8 Å². The van der Waals surface area contributed by atoms with Crippen molar-refractivity contribution in [1.82, 2.24) is 0 Å². The molecule has 0 aliphatic heterocycles. The molecule has 0 radical (unpaired) electrons. The van der Waals surface area contributed by atoms with Gasteiger partial charge in [0.1, 0.15) is 18.2 Å². The second-order valence-corrected chi connectivity index (χ2v) is 7.42. The number of amides is 1. The molecule has 3 rings (SSSR count). The Morgan fingerprint density at radius 2 is 1.79 bits per heavy atom. The number of anilines is 1. The Labute approximate surface area is 197 Å². The smallest absolute Gasteiger partial charge is 0.335 e. The Bertz CT molecular complexity index is 1260. The van der Waals surface area contributed by atoms with E-state index in [-0.39, 0.29) is 17.7 Å². The Morgan fingerprint density at radius 3 is 2.44 bits per heavy atom. The van der Waals surface area contributed by atoms with E-state index in [0.717, 1.165) is 11.1 Å². The number of ether oxygens (including phenoxy) is 2. The minimum Gasteiger partial charge on any atom is -0.490 e. The molecule has 0 spiro atoms. The minimum absolute atomic E-state index is 0.0452. The number of carboxylic acid groups (broad SMARTS) is 1. The highest BCUT2D eigenvalue weighted by molar-refractivity contribution is 6.09. The number of hydrogen-bond acceptors (Lipinski definition) is 5. The van der Waals surface area contributed by atoms with Gasteiger partial charge in [0.25, 0.3) is 5.91 Å². The van der Waals surface area contributed by atoms with Crippen molar-refractivity contribution >= 4 is 23.6 Å². The van der Waals surface area contributed by atoms with Gasteiger partial charge in [0.05, 0.1) is 12.2 Å². The number of carboxylic acids is 1. The van der Waals surface area contributed by atoms with Gasteiger partial charge in [-0.25, -0.2) is 4.79 Å². The lowest BCUT2D eigenvalue weighted by Crippen LogP contribution is -2.13. The summed E-state index contributed by atoms with van der Waals surface area (Å²) >= 11 is 0. The highest BCUT2D eigenvalue weighted by Gasteiger charge is 2.12. The van der Waals surface area contributed by atoms with E-state index in [1.807, 2.05) is 38.1 Å². The number of nitriles is 1. The summed E-state index contributed by atoms with van der Waals surface area (Å²) in [6.07, 6.45) is 1.49. The fourth-order valence-electron chi connectivity index (χ4n) is 3.14. The summed E-state index contributed by atoms with van der Waals surface area (Å²) in [4.78, 5) is 23.6. The van der Waals surface area contributed by atoms with Gasteiger partial charge in [0.15, 0.2) is 11.5 Å². The third-order valence-electron chi connectivity index (χ3n) is 4.81. The van der Waals surface area contributed by atoms with Crippen molar-refractivity contribution in [2.45, 2.75) is 20.5 Å². The molecule has 7 nitrogen and oxygen atoms in total. The Balaban J connectivity index is 1.76. The standard InChI is InChI=1S/C27H24N2O5/c1-3-33-25-15-20(14-22(16-28)26(30)29-23-6-4-5-18(2)13-23)9-12-24(25)34-17-19-7-10-21(11-8-19)27(31)32/h4-15H,3,17H2,1-2H3,(H,29,30)(H,31,32). The Hall–Kier alpha value is -4.57. The first-order valence-electron chi connectivity index (χ1n) is 10.6. The van der Waals surface area contributed by atoms with E-state index in [9.17, 15) is 14.9 Å². The summed E-state index contributed by atoms with van der Waals surface area (Å²) in [5.74, 6) is -0.533. The monoisotopic (exact) mass is 456 g/mol. The van der Waals surface area contributed by atoms with Crippen LogP contribution in [0.3, 0.4) is 0 Å². The zero-order valence-electron chi connectivity index (χ0n) is 18.9. The van der Waals surface area contributed by atoms with Crippen molar-refractivity contribution in [2.75, 3.05) is 11.9 Å². The fourth-order valence-corrected chi connectivity index (χ4v) is 3.14. The quantitative estimate of drug-likeness (QED) is 0.338. The Morgan fingerprint density at radius 1 is 1.03 bits per heavy atom. The molecular weight excluding hydrogens is 432 g/mol. The number of nitrogens with zero attached hydrogens (tertiary/aromatic N) is 1.